The second kappa shape index (κ2) is 5.46. The lowest BCUT2D eigenvalue weighted by Gasteiger charge is -2.19. The van der Waals surface area contributed by atoms with E-state index in [-0.39, 0.29) is 17.3 Å². The smallest absolute Gasteiger partial charge is 0.180 e. The lowest BCUT2D eigenvalue weighted by Crippen LogP contribution is -2.22. The minimum atomic E-state index is -0.151. The third kappa shape index (κ3) is 4.33. The number of ether oxygens (including phenoxy) is 1. The zero-order valence-corrected chi connectivity index (χ0v) is 10.6. The molecule has 1 heterocycles. The van der Waals surface area contributed by atoms with E-state index in [1.807, 2.05) is 20.8 Å². The topological polar surface area (TPSA) is 44.1 Å². The van der Waals surface area contributed by atoms with Gasteiger partial charge in [-0.2, -0.15) is 5.10 Å². The molecule has 0 aliphatic carbocycles. The molecular formula is C11H17ClN2O2. The summed E-state index contributed by atoms with van der Waals surface area (Å²) in [7, 11) is 0. The standard InChI is InChI=1S/C11H17ClN2O2/c1-11(2,3)16-5-4-14-8-9(7-13-14)10(15)6-12/h7-8H,4-6H2,1-3H3. The summed E-state index contributed by atoms with van der Waals surface area (Å²) < 4.78 is 7.24. The molecule has 0 N–H and O–H groups in total. The van der Waals surface area contributed by atoms with Crippen LogP contribution in [0, 0.1) is 0 Å². The van der Waals surface area contributed by atoms with E-state index >= 15 is 0 Å². The number of rotatable bonds is 5. The summed E-state index contributed by atoms with van der Waals surface area (Å²) in [5.41, 5.74) is 0.396. The SMILES string of the molecule is CC(C)(C)OCCn1cc(C(=O)CCl)cn1. The summed E-state index contributed by atoms with van der Waals surface area (Å²) in [6.45, 7) is 7.20. The second-order valence-electron chi connectivity index (χ2n) is 4.51. The first-order valence-corrected chi connectivity index (χ1v) is 5.71. The van der Waals surface area contributed by atoms with Crippen LogP contribution in [0.2, 0.25) is 0 Å². The van der Waals surface area contributed by atoms with Crippen LogP contribution in [0.4, 0.5) is 0 Å². The predicted octanol–water partition coefficient (Wildman–Crippen LogP) is 2.12. The zero-order chi connectivity index (χ0) is 12.2. The van der Waals surface area contributed by atoms with E-state index in [0.717, 1.165) is 0 Å². The van der Waals surface area contributed by atoms with Crippen LogP contribution in [-0.2, 0) is 11.3 Å². The van der Waals surface area contributed by atoms with Crippen LogP contribution in [0.1, 0.15) is 31.1 Å². The maximum Gasteiger partial charge on any atom is 0.180 e. The molecule has 0 fully saturated rings. The van der Waals surface area contributed by atoms with Gasteiger partial charge < -0.3 is 4.74 Å². The molecular weight excluding hydrogens is 228 g/mol. The fourth-order valence-electron chi connectivity index (χ4n) is 1.15. The first kappa shape index (κ1) is 13.2. The largest absolute Gasteiger partial charge is 0.374 e. The number of Topliss-reactive ketones (excluding diaryl/α,β-unsaturated/α-hetero) is 1. The number of nitrogens with zero attached hydrogens (tertiary/aromatic N) is 2. The molecule has 1 aromatic rings. The van der Waals surface area contributed by atoms with E-state index < -0.39 is 0 Å². The first-order chi connectivity index (χ1) is 7.42. The van der Waals surface area contributed by atoms with Crippen LogP contribution in [0.15, 0.2) is 12.4 Å². The van der Waals surface area contributed by atoms with Crippen molar-refractivity contribution in [3.63, 3.8) is 0 Å². The monoisotopic (exact) mass is 244 g/mol. The van der Waals surface area contributed by atoms with Crippen LogP contribution in [-0.4, -0.2) is 33.7 Å². The van der Waals surface area contributed by atoms with E-state index in [0.29, 0.717) is 18.7 Å². The normalized spacial score (nSPS) is 11.8. The molecule has 0 spiro atoms. The number of carbonyl (C=O) groups is 1. The highest BCUT2D eigenvalue weighted by Gasteiger charge is 2.10. The molecule has 0 radical (unpaired) electrons. The molecule has 0 atom stereocenters. The summed E-state index contributed by atoms with van der Waals surface area (Å²) in [5.74, 6) is -0.117. The number of hydrogen-bond donors (Lipinski definition) is 0. The maximum absolute atomic E-state index is 11.2. The summed E-state index contributed by atoms with van der Waals surface area (Å²) in [4.78, 5) is 11.2. The minimum Gasteiger partial charge on any atom is -0.374 e. The van der Waals surface area contributed by atoms with Gasteiger partial charge in [-0.05, 0) is 20.8 Å². The molecule has 0 unspecified atom stereocenters. The Morgan fingerprint density at radius 1 is 1.56 bits per heavy atom. The highest BCUT2D eigenvalue weighted by molar-refractivity contribution is 6.30. The molecule has 16 heavy (non-hydrogen) atoms. The average molecular weight is 245 g/mol. The quantitative estimate of drug-likeness (QED) is 0.589. The van der Waals surface area contributed by atoms with Crippen LogP contribution in [0.25, 0.3) is 0 Å². The van der Waals surface area contributed by atoms with Crippen molar-refractivity contribution in [3.8, 4) is 0 Å². The van der Waals surface area contributed by atoms with Crippen molar-refractivity contribution in [3.05, 3.63) is 18.0 Å². The van der Waals surface area contributed by atoms with Crippen molar-refractivity contribution in [2.24, 2.45) is 0 Å². The lowest BCUT2D eigenvalue weighted by molar-refractivity contribution is -0.00790. The van der Waals surface area contributed by atoms with Gasteiger partial charge in [0.05, 0.1) is 36.4 Å². The first-order valence-electron chi connectivity index (χ1n) is 5.18. The van der Waals surface area contributed by atoms with Crippen LogP contribution in [0.5, 0.6) is 0 Å². The molecule has 0 aromatic carbocycles. The average Bonchev–Trinajstić information content (AvgIpc) is 2.63. The molecule has 1 rings (SSSR count). The summed E-state index contributed by atoms with van der Waals surface area (Å²) >= 11 is 5.45. The summed E-state index contributed by atoms with van der Waals surface area (Å²) in [6.07, 6.45) is 3.22. The van der Waals surface area contributed by atoms with Crippen LogP contribution in [0.3, 0.4) is 0 Å². The number of alkyl halides is 1. The van der Waals surface area contributed by atoms with E-state index in [9.17, 15) is 4.79 Å². The molecule has 90 valence electrons. The fourth-order valence-corrected chi connectivity index (χ4v) is 1.31. The van der Waals surface area contributed by atoms with Crippen molar-refractivity contribution < 1.29 is 9.53 Å². The minimum absolute atomic E-state index is 0.00974. The third-order valence-electron chi connectivity index (χ3n) is 1.93. The Morgan fingerprint density at radius 3 is 2.81 bits per heavy atom. The Kier molecular flexibility index (Phi) is 4.50. The fraction of sp³-hybridized carbons (Fsp3) is 0.636. The Labute approximate surface area is 101 Å². The van der Waals surface area contributed by atoms with Crippen LogP contribution < -0.4 is 0 Å². The highest BCUT2D eigenvalue weighted by Crippen LogP contribution is 2.07. The Hall–Kier alpha value is -0.870. The van der Waals surface area contributed by atoms with Gasteiger partial charge in [-0.15, -0.1) is 11.6 Å². The van der Waals surface area contributed by atoms with E-state index in [1.54, 1.807) is 10.9 Å². The van der Waals surface area contributed by atoms with Gasteiger partial charge in [-0.3, -0.25) is 9.48 Å². The van der Waals surface area contributed by atoms with E-state index in [4.69, 9.17) is 16.3 Å². The Balaban J connectivity index is 2.44. The second-order valence-corrected chi connectivity index (χ2v) is 4.78. The molecule has 0 amide bonds. The molecule has 0 saturated carbocycles. The number of halogens is 1. The number of hydrogen-bond acceptors (Lipinski definition) is 3. The van der Waals surface area contributed by atoms with Gasteiger partial charge in [0.25, 0.3) is 0 Å². The van der Waals surface area contributed by atoms with E-state index in [1.165, 1.54) is 6.20 Å². The highest BCUT2D eigenvalue weighted by atomic mass is 35.5. The summed E-state index contributed by atoms with van der Waals surface area (Å²) in [5, 5.41) is 4.06. The van der Waals surface area contributed by atoms with Gasteiger partial charge in [0.15, 0.2) is 5.78 Å². The summed E-state index contributed by atoms with van der Waals surface area (Å²) in [6, 6.07) is 0. The maximum atomic E-state index is 11.2. The molecule has 0 saturated heterocycles. The molecule has 0 aliphatic rings. The van der Waals surface area contributed by atoms with Crippen molar-refractivity contribution in [2.45, 2.75) is 32.9 Å². The number of carbonyl (C=O) groups excluding carboxylic acids is 1. The molecule has 5 heteroatoms. The number of ketones is 1. The van der Waals surface area contributed by atoms with Crippen LogP contribution >= 0.6 is 11.6 Å². The Bertz CT molecular complexity index is 355. The van der Waals surface area contributed by atoms with Gasteiger partial charge in [0, 0.05) is 6.20 Å². The zero-order valence-electron chi connectivity index (χ0n) is 9.86. The van der Waals surface area contributed by atoms with Crippen molar-refractivity contribution in [2.75, 3.05) is 12.5 Å². The van der Waals surface area contributed by atoms with Gasteiger partial charge in [0.1, 0.15) is 0 Å². The Morgan fingerprint density at radius 2 is 2.25 bits per heavy atom. The molecule has 1 aromatic heterocycles. The van der Waals surface area contributed by atoms with Gasteiger partial charge >= 0.3 is 0 Å². The van der Waals surface area contributed by atoms with Crippen molar-refractivity contribution >= 4 is 17.4 Å². The third-order valence-corrected chi connectivity index (χ3v) is 2.17. The number of aromatic nitrogens is 2. The van der Waals surface area contributed by atoms with E-state index in [2.05, 4.69) is 5.10 Å². The van der Waals surface area contributed by atoms with Gasteiger partial charge in [-0.25, -0.2) is 0 Å². The molecule has 0 bridgehead atoms. The molecule has 4 nitrogen and oxygen atoms in total. The lowest BCUT2D eigenvalue weighted by atomic mass is 10.2. The van der Waals surface area contributed by atoms with Gasteiger partial charge in [0.2, 0.25) is 0 Å². The molecule has 0 aliphatic heterocycles. The van der Waals surface area contributed by atoms with Gasteiger partial charge in [-0.1, -0.05) is 0 Å². The van der Waals surface area contributed by atoms with Crippen molar-refractivity contribution in [1.29, 1.82) is 0 Å². The van der Waals surface area contributed by atoms with Crippen molar-refractivity contribution in [1.82, 2.24) is 9.78 Å². The predicted molar refractivity (Wildman–Crippen MR) is 63.0 cm³/mol.